The van der Waals surface area contributed by atoms with Crippen molar-refractivity contribution >= 4 is 0 Å². The minimum atomic E-state index is 0.335. The molecule has 1 rings (SSSR count). The predicted molar refractivity (Wildman–Crippen MR) is 83.6 cm³/mol. The molecule has 0 amide bonds. The third-order valence-electron chi connectivity index (χ3n) is 3.50. The van der Waals surface area contributed by atoms with Crippen LogP contribution in [0.2, 0.25) is 0 Å². The predicted octanol–water partition coefficient (Wildman–Crippen LogP) is 5.00. The van der Waals surface area contributed by atoms with Gasteiger partial charge in [0.1, 0.15) is 0 Å². The summed E-state index contributed by atoms with van der Waals surface area (Å²) in [6.07, 6.45) is 10.4. The Labute approximate surface area is 114 Å². The van der Waals surface area contributed by atoms with E-state index in [1.54, 1.807) is 5.57 Å². The second kappa shape index (κ2) is 8.31. The summed E-state index contributed by atoms with van der Waals surface area (Å²) >= 11 is 0. The summed E-state index contributed by atoms with van der Waals surface area (Å²) in [6.45, 7) is 13.7. The normalized spacial score (nSPS) is 19.8. The van der Waals surface area contributed by atoms with Crippen LogP contribution in [-0.2, 0) is 0 Å². The van der Waals surface area contributed by atoms with E-state index in [9.17, 15) is 0 Å². The van der Waals surface area contributed by atoms with Crippen molar-refractivity contribution in [2.45, 2.75) is 60.8 Å². The summed E-state index contributed by atoms with van der Waals surface area (Å²) in [4.78, 5) is 0. The fourth-order valence-corrected chi connectivity index (χ4v) is 2.48. The highest BCUT2D eigenvalue weighted by Gasteiger charge is 2.26. The van der Waals surface area contributed by atoms with Crippen LogP contribution in [0.15, 0.2) is 34.9 Å². The third kappa shape index (κ3) is 5.22. The molecule has 0 unspecified atom stereocenters. The minimum Gasteiger partial charge on any atom is -0.327 e. The third-order valence-corrected chi connectivity index (χ3v) is 3.50. The first kappa shape index (κ1) is 17.2. The molecule has 0 aromatic carbocycles. The molecule has 0 saturated heterocycles. The Kier molecular flexibility index (Phi) is 7.93. The molecular weight excluding hydrogens is 218 g/mol. The van der Waals surface area contributed by atoms with E-state index in [0.29, 0.717) is 12.0 Å². The molecule has 104 valence electrons. The smallest absolute Gasteiger partial charge is 0.0112 e. The van der Waals surface area contributed by atoms with Crippen LogP contribution in [0.3, 0.4) is 0 Å². The molecule has 18 heavy (non-hydrogen) atoms. The van der Waals surface area contributed by atoms with Crippen molar-refractivity contribution in [1.82, 2.24) is 0 Å². The Morgan fingerprint density at radius 1 is 1.33 bits per heavy atom. The van der Waals surface area contributed by atoms with E-state index >= 15 is 0 Å². The monoisotopic (exact) mass is 249 g/mol. The second-order valence-corrected chi connectivity index (χ2v) is 5.45. The molecule has 1 aliphatic carbocycles. The Hall–Kier alpha value is -0.820. The molecule has 0 radical (unpaired) electrons. The van der Waals surface area contributed by atoms with Gasteiger partial charge in [-0.15, -0.1) is 0 Å². The summed E-state index contributed by atoms with van der Waals surface area (Å²) in [5, 5.41) is 0. The molecule has 0 aliphatic heterocycles. The Balaban J connectivity index is 0.00000137. The fourth-order valence-electron chi connectivity index (χ4n) is 2.48. The SMILES string of the molecule is CC.CC1=C(/C=C/C(C)=C/CN)C(C)(C)CCC1. The highest BCUT2D eigenvalue weighted by molar-refractivity contribution is 5.35. The quantitative estimate of drug-likeness (QED) is 0.700. The van der Waals surface area contributed by atoms with E-state index in [0.717, 1.165) is 0 Å². The van der Waals surface area contributed by atoms with Gasteiger partial charge < -0.3 is 5.73 Å². The van der Waals surface area contributed by atoms with E-state index in [-0.39, 0.29) is 0 Å². The van der Waals surface area contributed by atoms with Crippen LogP contribution in [0.5, 0.6) is 0 Å². The van der Waals surface area contributed by atoms with E-state index in [2.05, 4.69) is 45.9 Å². The molecule has 2 N–H and O–H groups in total. The van der Waals surface area contributed by atoms with Crippen molar-refractivity contribution in [1.29, 1.82) is 0 Å². The van der Waals surface area contributed by atoms with E-state index in [4.69, 9.17) is 5.73 Å². The lowest BCUT2D eigenvalue weighted by Gasteiger charge is -2.32. The first-order valence-corrected chi connectivity index (χ1v) is 7.22. The lowest BCUT2D eigenvalue weighted by molar-refractivity contribution is 0.377. The first-order chi connectivity index (χ1) is 8.47. The molecular formula is C17H31N. The highest BCUT2D eigenvalue weighted by Crippen LogP contribution is 2.40. The van der Waals surface area contributed by atoms with Crippen LogP contribution >= 0.6 is 0 Å². The number of allylic oxidation sites excluding steroid dienone is 5. The molecule has 0 aromatic heterocycles. The maximum atomic E-state index is 5.50. The first-order valence-electron chi connectivity index (χ1n) is 7.22. The van der Waals surface area contributed by atoms with Gasteiger partial charge in [0.25, 0.3) is 0 Å². The van der Waals surface area contributed by atoms with Gasteiger partial charge in [0.05, 0.1) is 0 Å². The lowest BCUT2D eigenvalue weighted by Crippen LogP contribution is -2.19. The zero-order chi connectivity index (χ0) is 14.2. The van der Waals surface area contributed by atoms with Crippen LogP contribution < -0.4 is 5.73 Å². The summed E-state index contributed by atoms with van der Waals surface area (Å²) in [5.74, 6) is 0. The fraction of sp³-hybridized carbons (Fsp3) is 0.647. The molecule has 0 fully saturated rings. The molecule has 1 aliphatic rings. The van der Waals surface area contributed by atoms with Crippen molar-refractivity contribution < 1.29 is 0 Å². The molecule has 0 heterocycles. The van der Waals surface area contributed by atoms with E-state index < -0.39 is 0 Å². The van der Waals surface area contributed by atoms with Crippen molar-refractivity contribution in [3.8, 4) is 0 Å². The topological polar surface area (TPSA) is 26.0 Å². The maximum Gasteiger partial charge on any atom is 0.0112 e. The Morgan fingerprint density at radius 3 is 2.44 bits per heavy atom. The number of hydrogen-bond acceptors (Lipinski definition) is 1. The molecule has 0 saturated carbocycles. The van der Waals surface area contributed by atoms with Gasteiger partial charge in [-0.1, -0.05) is 57.1 Å². The van der Waals surface area contributed by atoms with Gasteiger partial charge in [-0.2, -0.15) is 0 Å². The van der Waals surface area contributed by atoms with Gasteiger partial charge in [-0.25, -0.2) is 0 Å². The van der Waals surface area contributed by atoms with Crippen LogP contribution in [0.4, 0.5) is 0 Å². The van der Waals surface area contributed by atoms with E-state index in [1.165, 1.54) is 30.4 Å². The van der Waals surface area contributed by atoms with Crippen molar-refractivity contribution in [3.63, 3.8) is 0 Å². The molecule has 0 bridgehead atoms. The standard InChI is InChI=1S/C15H25N.C2H6/c1-12(9-11-16)7-8-14-13(2)6-5-10-15(14,3)4;1-2/h7-9H,5-6,10-11,16H2,1-4H3;1-2H3/b8-7+,12-9+;. The van der Waals surface area contributed by atoms with Gasteiger partial charge in [-0.05, 0) is 44.1 Å². The minimum absolute atomic E-state index is 0.335. The molecule has 0 aromatic rings. The maximum absolute atomic E-state index is 5.50. The van der Waals surface area contributed by atoms with Crippen LogP contribution in [0.25, 0.3) is 0 Å². The van der Waals surface area contributed by atoms with Crippen molar-refractivity contribution in [2.75, 3.05) is 6.54 Å². The van der Waals surface area contributed by atoms with Gasteiger partial charge in [0.15, 0.2) is 0 Å². The average molecular weight is 249 g/mol. The van der Waals surface area contributed by atoms with Crippen LogP contribution in [0, 0.1) is 5.41 Å². The Bertz CT molecular complexity index is 330. The summed E-state index contributed by atoms with van der Waals surface area (Å²) in [5.41, 5.74) is 10.2. The van der Waals surface area contributed by atoms with Crippen molar-refractivity contribution in [3.05, 3.63) is 34.9 Å². The largest absolute Gasteiger partial charge is 0.327 e. The van der Waals surface area contributed by atoms with Gasteiger partial charge >= 0.3 is 0 Å². The van der Waals surface area contributed by atoms with Crippen LogP contribution in [0.1, 0.15) is 60.8 Å². The number of rotatable bonds is 3. The number of nitrogens with two attached hydrogens (primary N) is 1. The second-order valence-electron chi connectivity index (χ2n) is 5.45. The Morgan fingerprint density at radius 2 is 1.94 bits per heavy atom. The summed E-state index contributed by atoms with van der Waals surface area (Å²) in [7, 11) is 0. The zero-order valence-corrected chi connectivity index (χ0v) is 13.1. The van der Waals surface area contributed by atoms with E-state index in [1.807, 2.05) is 13.8 Å². The average Bonchev–Trinajstić information content (AvgIpc) is 2.30. The highest BCUT2D eigenvalue weighted by atomic mass is 14.5. The summed E-state index contributed by atoms with van der Waals surface area (Å²) in [6, 6.07) is 0. The zero-order valence-electron chi connectivity index (χ0n) is 13.1. The van der Waals surface area contributed by atoms with Gasteiger partial charge in [-0.3, -0.25) is 0 Å². The molecule has 1 nitrogen and oxygen atoms in total. The molecule has 0 spiro atoms. The molecule has 0 atom stereocenters. The lowest BCUT2D eigenvalue weighted by atomic mass is 9.72. The van der Waals surface area contributed by atoms with Crippen LogP contribution in [-0.4, -0.2) is 6.54 Å². The van der Waals surface area contributed by atoms with Crippen molar-refractivity contribution in [2.24, 2.45) is 11.1 Å². The summed E-state index contributed by atoms with van der Waals surface area (Å²) < 4.78 is 0. The van der Waals surface area contributed by atoms with Gasteiger partial charge in [0.2, 0.25) is 0 Å². The molecule has 1 heteroatoms. The van der Waals surface area contributed by atoms with Gasteiger partial charge in [0, 0.05) is 6.54 Å². The number of hydrogen-bond donors (Lipinski definition) is 1.